The molecule has 0 unspecified atom stereocenters. The summed E-state index contributed by atoms with van der Waals surface area (Å²) in [6.45, 7) is 2.53. The number of H-pyrrole nitrogens is 1. The third-order valence-electron chi connectivity index (χ3n) is 4.96. The molecule has 8 nitrogen and oxygen atoms in total. The molecule has 0 radical (unpaired) electrons. The monoisotopic (exact) mass is 485 g/mol. The Kier molecular flexibility index (Phi) is 6.87. The van der Waals surface area contributed by atoms with E-state index in [0.717, 1.165) is 35.1 Å². The Hall–Kier alpha value is -3.61. The van der Waals surface area contributed by atoms with Gasteiger partial charge in [0.15, 0.2) is 5.82 Å². The Morgan fingerprint density at radius 2 is 1.85 bits per heavy atom. The van der Waals surface area contributed by atoms with Crippen molar-refractivity contribution in [1.29, 1.82) is 0 Å². The molecule has 34 heavy (non-hydrogen) atoms. The second-order valence-electron chi connectivity index (χ2n) is 8.04. The minimum Gasteiger partial charge on any atom is -0.395 e. The van der Waals surface area contributed by atoms with Crippen molar-refractivity contribution < 1.29 is 31.9 Å². The predicted octanol–water partition coefficient (Wildman–Crippen LogP) is 3.21. The standard InChI is InChI=1S/C21H20F5N5O3/c1-20(2,10-32)18(33)28-9-11-7-14(15(16(22)23)27-8-11)17-29-19(34)31(30-17)13-5-3-12(4-6-13)21(24,25)26/h3-8,16,32H,9-10H2,1-2H3,(H,28,33)(H,29,30,34). The maximum absolute atomic E-state index is 13.6. The zero-order valence-electron chi connectivity index (χ0n) is 18.0. The van der Waals surface area contributed by atoms with Crippen molar-refractivity contribution in [3.8, 4) is 17.1 Å². The number of benzene rings is 1. The van der Waals surface area contributed by atoms with Crippen LogP contribution in [0.1, 0.15) is 37.1 Å². The molecule has 0 aliphatic carbocycles. The summed E-state index contributed by atoms with van der Waals surface area (Å²) in [5, 5.41) is 15.8. The Morgan fingerprint density at radius 1 is 1.21 bits per heavy atom. The number of pyridine rings is 1. The SMILES string of the molecule is CC(C)(CO)C(=O)NCc1cnc(C(F)F)c(-c2nn(-c3ccc(C(F)(F)F)cc3)c(=O)[nH]2)c1. The number of hydrogen-bond acceptors (Lipinski definition) is 5. The predicted molar refractivity (Wildman–Crippen MR) is 110 cm³/mol. The van der Waals surface area contributed by atoms with Crippen LogP contribution in [0.5, 0.6) is 0 Å². The molecule has 182 valence electrons. The topological polar surface area (TPSA) is 113 Å². The van der Waals surface area contributed by atoms with Crippen LogP contribution < -0.4 is 11.0 Å². The molecular weight excluding hydrogens is 465 g/mol. The highest BCUT2D eigenvalue weighted by molar-refractivity contribution is 5.81. The molecule has 0 saturated heterocycles. The van der Waals surface area contributed by atoms with Gasteiger partial charge in [-0.25, -0.2) is 13.6 Å². The lowest BCUT2D eigenvalue weighted by Crippen LogP contribution is -2.38. The van der Waals surface area contributed by atoms with E-state index in [1.165, 1.54) is 19.9 Å². The van der Waals surface area contributed by atoms with Crippen LogP contribution in [0.2, 0.25) is 0 Å². The van der Waals surface area contributed by atoms with Gasteiger partial charge in [-0.2, -0.15) is 17.9 Å². The Bertz CT molecular complexity index is 1230. The van der Waals surface area contributed by atoms with Gasteiger partial charge >= 0.3 is 11.9 Å². The smallest absolute Gasteiger partial charge is 0.395 e. The van der Waals surface area contributed by atoms with Gasteiger partial charge in [0.1, 0.15) is 5.69 Å². The van der Waals surface area contributed by atoms with Crippen molar-refractivity contribution in [3.63, 3.8) is 0 Å². The van der Waals surface area contributed by atoms with E-state index in [4.69, 9.17) is 0 Å². The van der Waals surface area contributed by atoms with Crippen molar-refractivity contribution in [2.24, 2.45) is 5.41 Å². The van der Waals surface area contributed by atoms with E-state index >= 15 is 0 Å². The quantitative estimate of drug-likeness (QED) is 0.445. The molecule has 2 aromatic heterocycles. The number of aliphatic hydroxyl groups is 1. The zero-order valence-corrected chi connectivity index (χ0v) is 18.0. The van der Waals surface area contributed by atoms with E-state index in [0.29, 0.717) is 5.56 Å². The third-order valence-corrected chi connectivity index (χ3v) is 4.96. The largest absolute Gasteiger partial charge is 0.416 e. The number of nitrogens with one attached hydrogen (secondary N) is 2. The average molecular weight is 485 g/mol. The number of alkyl halides is 5. The minimum absolute atomic E-state index is 0.0123. The van der Waals surface area contributed by atoms with E-state index in [2.05, 4.69) is 20.4 Å². The molecule has 1 aromatic carbocycles. The summed E-state index contributed by atoms with van der Waals surface area (Å²) < 4.78 is 66.2. The first-order valence-electron chi connectivity index (χ1n) is 9.87. The molecule has 0 aliphatic heterocycles. The summed E-state index contributed by atoms with van der Waals surface area (Å²) in [5.41, 5.74) is -3.45. The Balaban J connectivity index is 1.95. The van der Waals surface area contributed by atoms with Crippen molar-refractivity contribution in [2.45, 2.75) is 33.0 Å². The number of carbonyl (C=O) groups excluding carboxylic acids is 1. The molecule has 13 heteroatoms. The first-order valence-corrected chi connectivity index (χ1v) is 9.87. The van der Waals surface area contributed by atoms with Gasteiger partial charge in [-0.15, -0.1) is 5.10 Å². The summed E-state index contributed by atoms with van der Waals surface area (Å²) >= 11 is 0. The van der Waals surface area contributed by atoms with Gasteiger partial charge in [0.05, 0.1) is 23.3 Å². The summed E-state index contributed by atoms with van der Waals surface area (Å²) in [7, 11) is 0. The number of rotatable bonds is 7. The van der Waals surface area contributed by atoms with Crippen LogP contribution in [0.3, 0.4) is 0 Å². The summed E-state index contributed by atoms with van der Waals surface area (Å²) in [5.74, 6) is -0.758. The summed E-state index contributed by atoms with van der Waals surface area (Å²) in [6.07, 6.45) is -6.46. The fourth-order valence-electron chi connectivity index (χ4n) is 2.88. The van der Waals surface area contributed by atoms with Gasteiger partial charge in [-0.3, -0.25) is 14.8 Å². The molecule has 3 rings (SSSR count). The van der Waals surface area contributed by atoms with Crippen molar-refractivity contribution >= 4 is 5.91 Å². The number of aromatic amines is 1. The lowest BCUT2D eigenvalue weighted by molar-refractivity contribution is -0.137. The first kappa shape index (κ1) is 25.0. The van der Waals surface area contributed by atoms with Gasteiger partial charge in [-0.05, 0) is 49.7 Å². The molecule has 0 atom stereocenters. The normalized spacial score (nSPS) is 12.3. The molecule has 3 aromatic rings. The van der Waals surface area contributed by atoms with Crippen LogP contribution in [0.15, 0.2) is 41.3 Å². The fraction of sp³-hybridized carbons (Fsp3) is 0.333. The molecule has 0 spiro atoms. The molecule has 0 aliphatic rings. The fourth-order valence-corrected chi connectivity index (χ4v) is 2.88. The van der Waals surface area contributed by atoms with Crippen LogP contribution in [0.4, 0.5) is 22.0 Å². The van der Waals surface area contributed by atoms with E-state index in [1.54, 1.807) is 0 Å². The summed E-state index contributed by atoms with van der Waals surface area (Å²) in [6, 6.07) is 4.83. The van der Waals surface area contributed by atoms with Gasteiger partial charge in [0.25, 0.3) is 6.43 Å². The summed E-state index contributed by atoms with van der Waals surface area (Å²) in [4.78, 5) is 30.5. The lowest BCUT2D eigenvalue weighted by atomic mass is 9.94. The Morgan fingerprint density at radius 3 is 2.41 bits per heavy atom. The number of amides is 1. The number of hydrogen-bond donors (Lipinski definition) is 3. The third kappa shape index (κ3) is 5.30. The molecule has 2 heterocycles. The number of halogens is 5. The highest BCUT2D eigenvalue weighted by Crippen LogP contribution is 2.30. The number of carbonyl (C=O) groups is 1. The van der Waals surface area contributed by atoms with Gasteiger partial charge in [-0.1, -0.05) is 0 Å². The maximum atomic E-state index is 13.6. The highest BCUT2D eigenvalue weighted by Gasteiger charge is 2.30. The molecule has 0 saturated carbocycles. The molecule has 3 N–H and O–H groups in total. The van der Waals surface area contributed by atoms with E-state index in [9.17, 15) is 36.6 Å². The number of aromatic nitrogens is 4. The zero-order chi connectivity index (χ0) is 25.3. The van der Waals surface area contributed by atoms with Crippen LogP contribution >= 0.6 is 0 Å². The first-order chi connectivity index (χ1) is 15.8. The second kappa shape index (κ2) is 9.33. The van der Waals surface area contributed by atoms with Crippen molar-refractivity contribution in [1.82, 2.24) is 25.1 Å². The van der Waals surface area contributed by atoms with Crippen LogP contribution in [0.25, 0.3) is 17.1 Å². The van der Waals surface area contributed by atoms with Crippen molar-refractivity contribution in [2.75, 3.05) is 6.61 Å². The lowest BCUT2D eigenvalue weighted by Gasteiger charge is -2.20. The molecular formula is C21H20F5N5O3. The molecule has 1 amide bonds. The average Bonchev–Trinajstić information content (AvgIpc) is 3.18. The number of aliphatic hydroxyl groups excluding tert-OH is 1. The van der Waals surface area contributed by atoms with Crippen molar-refractivity contribution in [3.05, 3.63) is 63.8 Å². The van der Waals surface area contributed by atoms with Crippen LogP contribution in [-0.2, 0) is 17.5 Å². The minimum atomic E-state index is -4.57. The van der Waals surface area contributed by atoms with Gasteiger partial charge < -0.3 is 10.4 Å². The maximum Gasteiger partial charge on any atom is 0.416 e. The van der Waals surface area contributed by atoms with E-state index in [1.807, 2.05) is 0 Å². The van der Waals surface area contributed by atoms with E-state index < -0.39 is 47.5 Å². The Labute approximate surface area is 189 Å². The number of nitrogens with zero attached hydrogens (tertiary/aromatic N) is 3. The van der Waals surface area contributed by atoms with Gasteiger partial charge in [0.2, 0.25) is 5.91 Å². The molecule has 0 bridgehead atoms. The highest BCUT2D eigenvalue weighted by atomic mass is 19.4. The van der Waals surface area contributed by atoms with Crippen LogP contribution in [-0.4, -0.2) is 37.4 Å². The molecule has 0 fully saturated rings. The second-order valence-corrected chi connectivity index (χ2v) is 8.04. The van der Waals surface area contributed by atoms with Crippen LogP contribution in [0, 0.1) is 5.41 Å². The van der Waals surface area contributed by atoms with E-state index in [-0.39, 0.29) is 23.6 Å². The van der Waals surface area contributed by atoms with Gasteiger partial charge in [0, 0.05) is 18.3 Å².